The molecule has 9 aromatic carbocycles. The summed E-state index contributed by atoms with van der Waals surface area (Å²) in [6.07, 6.45) is 4.76. The lowest BCUT2D eigenvalue weighted by Crippen LogP contribution is -2.13. The Morgan fingerprint density at radius 1 is 0.394 bits per heavy atom. The molecular formula is C104H134Br4F9N19O6. The number of hydrogen-bond acceptors (Lipinski definition) is 18. The van der Waals surface area contributed by atoms with Gasteiger partial charge in [0.15, 0.2) is 5.95 Å². The van der Waals surface area contributed by atoms with E-state index in [2.05, 4.69) is 143 Å². The number of nitrogens with two attached hydrogens (primary N) is 6. The van der Waals surface area contributed by atoms with Crippen molar-refractivity contribution in [3.63, 3.8) is 0 Å². The van der Waals surface area contributed by atoms with Crippen LogP contribution in [0, 0.1) is 32.4 Å². The average molecular weight is 2240 g/mol. The molecule has 2 fully saturated rings. The summed E-state index contributed by atoms with van der Waals surface area (Å²) < 4.78 is 145. The number of aromatic nitrogens is 2. The van der Waals surface area contributed by atoms with Gasteiger partial charge >= 0.3 is 0 Å². The average Bonchev–Trinajstić information content (AvgIpc) is 1.67. The van der Waals surface area contributed by atoms with Crippen molar-refractivity contribution < 1.29 is 67.9 Å². The Morgan fingerprint density at radius 3 is 1.17 bits per heavy atom. The van der Waals surface area contributed by atoms with Crippen molar-refractivity contribution in [3.05, 3.63) is 326 Å². The third kappa shape index (κ3) is 53.1. The van der Waals surface area contributed by atoms with Crippen molar-refractivity contribution in [3.8, 4) is 23.0 Å². The Kier molecular flexibility index (Phi) is 61.4. The molecule has 2 saturated heterocycles. The number of aliphatic imine (C=N–C) groups is 6. The highest BCUT2D eigenvalue weighted by molar-refractivity contribution is 9.11. The van der Waals surface area contributed by atoms with Crippen molar-refractivity contribution in [2.24, 2.45) is 64.4 Å². The zero-order valence-electron chi connectivity index (χ0n) is 81.8. The summed E-state index contributed by atoms with van der Waals surface area (Å²) in [5.41, 5.74) is 47.2. The van der Waals surface area contributed by atoms with Gasteiger partial charge in [-0.1, -0.05) is 164 Å². The number of aromatic amines is 1. The monoisotopic (exact) mass is 2230 g/mol. The zero-order valence-corrected chi connectivity index (χ0v) is 88.2. The highest BCUT2D eigenvalue weighted by Gasteiger charge is 2.21. The first-order valence-corrected chi connectivity index (χ1v) is 48.5. The van der Waals surface area contributed by atoms with Crippen molar-refractivity contribution >= 4 is 105 Å². The zero-order chi connectivity index (χ0) is 105. The summed E-state index contributed by atoms with van der Waals surface area (Å²) >= 11 is 13.7. The van der Waals surface area contributed by atoms with Crippen LogP contribution in [0.1, 0.15) is 150 Å². The number of alkyl halides is 7. The molecule has 142 heavy (non-hydrogen) atoms. The maximum absolute atomic E-state index is 12.8. The molecule has 1 aromatic heterocycles. The van der Waals surface area contributed by atoms with Gasteiger partial charge in [0.25, 0.3) is 0 Å². The van der Waals surface area contributed by atoms with Crippen LogP contribution in [0.4, 0.5) is 45.5 Å². The van der Waals surface area contributed by atoms with Crippen LogP contribution in [0.2, 0.25) is 0 Å². The van der Waals surface area contributed by atoms with Crippen LogP contribution < -0.4 is 79.9 Å². The first kappa shape index (κ1) is 122. The van der Waals surface area contributed by atoms with Gasteiger partial charge in [0.1, 0.15) is 101 Å². The maximum atomic E-state index is 12.8. The molecule has 0 spiro atoms. The Morgan fingerprint density at radius 2 is 0.782 bits per heavy atom. The largest absolute Gasteiger partial charge is 0.491 e. The minimum Gasteiger partial charge on any atom is -0.491 e. The number of halogens is 13. The first-order chi connectivity index (χ1) is 68.1. The third-order valence-electron chi connectivity index (χ3n) is 19.3. The molecule has 12 rings (SSSR count). The van der Waals surface area contributed by atoms with Crippen molar-refractivity contribution in [1.82, 2.24) is 31.2 Å². The Labute approximate surface area is 862 Å². The highest BCUT2D eigenvalue weighted by Crippen LogP contribution is 2.31. The fraction of sp³-hybridized carbons (Fsp3) is 0.356. The predicted octanol–water partition coefficient (Wildman–Crippen LogP) is 22.1. The number of rotatable bonds is 40. The maximum Gasteiger partial charge on any atom is 0.200 e. The standard InChI is InChI=1S/C14H20BrFN2O.C12H14BrFN2O.C12H16BrFN2O.C12H14FN3O.C12H15FN2O.C12H17FN2O.C10H12BrFN2.2C10H13FN2/c1-11(17)18-9-12-4-5-13(14(15)8-12)10-19-7-3-2-6-16;1-8-15-7-11(16-8)9-2-3-12(10(13)6-9)17-5-4-14;1-9(15)16-7-10-2-3-11(12(13)6-10)8-17-5-4-14;13-4-7-17-11-3-1-2-10(8-11)9-16-12-14-5-6-15-12;1-9-14-8-12(15-9)10-2-4-11(5-3-10)16-7-6-13;1-9-7-11(8-15-10(2)14)3-4-12(9)16-6-5-13;1-7(13)14-6-8-2-3-9(5-12)10(11)4-8;2*1-7-5-9(3-4-10(7)11)6-13-8(2)12/h4-5,8H,2-3,6-7,9-10H2,1H3,(H2,17,18);2-3,6,11,15-16H,1,4-5,7H2;2-3,6H,4-5,7-8H2,1H3,(H2,15,16);1-3,5-6,8H,4,7,9H2,(H2,14,15,16);2-5,12,14-15H,1,6-8H2;3-4,7H,5-6,8H2,1-2H3,(H2,14,15);2-4H,5-6H2,1H3,(H2,13,14);2*3-5H,6H2,1-2H3,(H2,12,13). The predicted molar refractivity (Wildman–Crippen MR) is 572 cm³/mol. The molecule has 2 unspecified atom stereocenters. The van der Waals surface area contributed by atoms with Crippen LogP contribution in [0.25, 0.3) is 0 Å². The fourth-order valence-corrected chi connectivity index (χ4v) is 14.2. The molecule has 18 N–H and O–H groups in total. The van der Waals surface area contributed by atoms with Crippen molar-refractivity contribution in [2.45, 2.75) is 153 Å². The molecule has 2 atom stereocenters. The topological polar surface area (TPSA) is 374 Å². The molecule has 0 radical (unpaired) electrons. The van der Waals surface area contributed by atoms with E-state index >= 15 is 0 Å². The van der Waals surface area contributed by atoms with Gasteiger partial charge in [-0.3, -0.25) is 34.3 Å². The van der Waals surface area contributed by atoms with Gasteiger partial charge in [-0.15, -0.1) is 0 Å². The van der Waals surface area contributed by atoms with Crippen LogP contribution in [0.3, 0.4) is 0 Å². The number of nitrogens with zero attached hydrogens (tertiary/aromatic N) is 7. The van der Waals surface area contributed by atoms with E-state index in [1.54, 1.807) is 98.1 Å². The minimum absolute atomic E-state index is 0.0813. The van der Waals surface area contributed by atoms with E-state index < -0.39 is 40.0 Å². The fourth-order valence-electron chi connectivity index (χ4n) is 12.0. The number of hydrogen-bond donors (Lipinski definition) is 12. The second-order valence-corrected chi connectivity index (χ2v) is 35.0. The molecule has 2 aliphatic heterocycles. The molecule has 25 nitrogen and oxygen atoms in total. The molecule has 2 aliphatic rings. The molecule has 3 heterocycles. The molecular weight excluding hydrogens is 2100 g/mol. The number of ether oxygens (including phenoxy) is 6. The lowest BCUT2D eigenvalue weighted by Gasteiger charge is -2.12. The number of imidazole rings is 1. The summed E-state index contributed by atoms with van der Waals surface area (Å²) in [6, 6.07) is 54.5. The second-order valence-electron chi connectivity index (χ2n) is 31.6. The van der Waals surface area contributed by atoms with E-state index in [-0.39, 0.29) is 63.4 Å². The van der Waals surface area contributed by atoms with E-state index in [9.17, 15) is 39.5 Å². The molecule has 0 saturated carbocycles. The van der Waals surface area contributed by atoms with Gasteiger partial charge < -0.3 is 94.4 Å². The third-order valence-corrected chi connectivity index (χ3v) is 22.1. The first-order valence-electron chi connectivity index (χ1n) is 45.3. The minimum atomic E-state index is -0.484. The van der Waals surface area contributed by atoms with Gasteiger partial charge in [-0.25, -0.2) is 40.1 Å². The number of benzene rings is 9. The molecule has 38 heteroatoms. The van der Waals surface area contributed by atoms with Crippen molar-refractivity contribution in [2.75, 3.05) is 98.1 Å². The van der Waals surface area contributed by atoms with E-state index in [1.807, 2.05) is 140 Å². The quantitative estimate of drug-likeness (QED) is 0.00734. The normalized spacial score (nSPS) is 13.2. The Balaban J connectivity index is 0.000000334. The van der Waals surface area contributed by atoms with E-state index in [4.69, 9.17) is 62.8 Å². The summed E-state index contributed by atoms with van der Waals surface area (Å²) in [6.45, 7) is 28.0. The van der Waals surface area contributed by atoms with Crippen LogP contribution >= 0.6 is 63.7 Å². The van der Waals surface area contributed by atoms with Gasteiger partial charge in [-0.2, -0.15) is 0 Å². The molecule has 0 bridgehead atoms. The smallest absolute Gasteiger partial charge is 0.200 e. The van der Waals surface area contributed by atoms with Crippen LogP contribution in [0.5, 0.6) is 23.0 Å². The van der Waals surface area contributed by atoms with Crippen LogP contribution in [-0.4, -0.2) is 138 Å². The number of H-pyrrole nitrogens is 1. The molecule has 10 aromatic rings. The summed E-state index contributed by atoms with van der Waals surface area (Å²) in [4.78, 5) is 31.6. The lowest BCUT2D eigenvalue weighted by molar-refractivity contribution is 0.106. The van der Waals surface area contributed by atoms with Crippen LogP contribution in [0.15, 0.2) is 261 Å². The van der Waals surface area contributed by atoms with Crippen molar-refractivity contribution in [1.29, 1.82) is 0 Å². The molecule has 772 valence electrons. The summed E-state index contributed by atoms with van der Waals surface area (Å²) in [5.74, 6) is 8.16. The number of unbranched alkanes of at least 4 members (excludes halogenated alkanes) is 1. The van der Waals surface area contributed by atoms with E-state index in [0.29, 0.717) is 141 Å². The number of anilines is 1. The summed E-state index contributed by atoms with van der Waals surface area (Å²) in [7, 11) is 0. The number of aryl methyl sites for hydroxylation is 3. The second kappa shape index (κ2) is 71.4. The van der Waals surface area contributed by atoms with E-state index in [1.165, 1.54) is 17.7 Å². The Bertz CT molecular complexity index is 5490. The van der Waals surface area contributed by atoms with Gasteiger partial charge in [0.2, 0.25) is 0 Å². The lowest BCUT2D eigenvalue weighted by atomic mass is 10.1. The molecule has 0 aliphatic carbocycles. The number of amidine groups is 6. The molecule has 0 amide bonds. The number of nitrogens with one attached hydrogen (secondary N) is 6. The van der Waals surface area contributed by atoms with Gasteiger partial charge in [0.05, 0.1) is 129 Å². The van der Waals surface area contributed by atoms with Gasteiger partial charge in [-0.05, 0) is 247 Å². The SMILES string of the molecule is C=C1NCC(c2ccc(OCCF)c(Br)c2)N1.C=C1NCC(c2ccc(OCCF)cc2)N1.CC(N)=NCc1ccc(CF)c(Br)c1.CC(N)=NCc1ccc(COCCCCF)c(Br)c1.CC(N)=NCc1ccc(COCCF)c(Br)c1.CC(N)=NCc1ccc(F)c(C)c1.CC(N)=NCc1ccc(F)c(C)c1.CC(N)=NCc1ccc(OCCF)c(C)c1.FCCOc1cccc(CNc2ncc[nH]2)c1. The highest BCUT2D eigenvalue weighted by atomic mass is 79.9. The van der Waals surface area contributed by atoms with Crippen LogP contribution in [-0.2, 0) is 75.2 Å². The van der Waals surface area contributed by atoms with Gasteiger partial charge in [0, 0.05) is 52.1 Å². The van der Waals surface area contributed by atoms with E-state index in [0.717, 1.165) is 122 Å². The summed E-state index contributed by atoms with van der Waals surface area (Å²) in [5, 5.41) is 15.9. The Hall–Kier alpha value is -12.1.